The average molecular weight is 294 g/mol. The zero-order valence-corrected chi connectivity index (χ0v) is 12.6. The number of hydrogen-bond donors (Lipinski definition) is 3. The van der Waals surface area contributed by atoms with Gasteiger partial charge in [-0.05, 0) is 37.0 Å². The number of benzene rings is 1. The van der Waals surface area contributed by atoms with E-state index in [0.717, 1.165) is 12.8 Å². The Hall–Kier alpha value is -2.24. The molecule has 0 aliphatic heterocycles. The topological polar surface area (TPSA) is 87.7 Å². The van der Waals surface area contributed by atoms with Crippen LogP contribution in [0.1, 0.15) is 37.0 Å². The van der Waals surface area contributed by atoms with Gasteiger partial charge in [-0.25, -0.2) is 9.59 Å². The number of carbonyl (C=O) groups excluding carboxylic acids is 1. The van der Waals surface area contributed by atoms with Crippen LogP contribution in [0.15, 0.2) is 18.2 Å². The van der Waals surface area contributed by atoms with E-state index in [9.17, 15) is 9.59 Å². The molecule has 0 unspecified atom stereocenters. The van der Waals surface area contributed by atoms with E-state index in [-0.39, 0.29) is 11.3 Å². The van der Waals surface area contributed by atoms with Gasteiger partial charge >= 0.3 is 12.0 Å². The van der Waals surface area contributed by atoms with E-state index in [1.54, 1.807) is 6.07 Å². The number of carboxylic acid groups (broad SMARTS) is 1. The zero-order valence-electron chi connectivity index (χ0n) is 12.6. The molecule has 0 aromatic heterocycles. The van der Waals surface area contributed by atoms with Crippen molar-refractivity contribution in [2.45, 2.75) is 26.7 Å². The Bertz CT molecular complexity index is 500. The summed E-state index contributed by atoms with van der Waals surface area (Å²) in [7, 11) is 1.45. The molecule has 0 fully saturated rings. The third-order valence-corrected chi connectivity index (χ3v) is 2.95. The van der Waals surface area contributed by atoms with Crippen molar-refractivity contribution >= 4 is 17.7 Å². The van der Waals surface area contributed by atoms with Crippen LogP contribution in [0, 0.1) is 5.92 Å². The molecule has 0 radical (unpaired) electrons. The second kappa shape index (κ2) is 8.14. The zero-order chi connectivity index (χ0) is 15.8. The minimum absolute atomic E-state index is 0.00770. The standard InChI is InChI=1S/C15H22N2O4/c1-10(2)5-4-8-16-15(20)17-13-7-6-11(21-3)9-12(13)14(18)19/h6-7,9-10H,4-5,8H2,1-3H3,(H,18,19)(H2,16,17,20). The van der Waals surface area contributed by atoms with Crippen LogP contribution >= 0.6 is 0 Å². The maximum atomic E-state index is 11.7. The van der Waals surface area contributed by atoms with Crippen molar-refractivity contribution in [1.29, 1.82) is 0 Å². The Morgan fingerprint density at radius 2 is 2.05 bits per heavy atom. The highest BCUT2D eigenvalue weighted by molar-refractivity contribution is 6.00. The fraction of sp³-hybridized carbons (Fsp3) is 0.467. The van der Waals surface area contributed by atoms with Crippen LogP contribution < -0.4 is 15.4 Å². The summed E-state index contributed by atoms with van der Waals surface area (Å²) in [6.45, 7) is 4.80. The van der Waals surface area contributed by atoms with Gasteiger partial charge in [-0.1, -0.05) is 13.8 Å². The molecule has 21 heavy (non-hydrogen) atoms. The SMILES string of the molecule is COc1ccc(NC(=O)NCCCC(C)C)c(C(=O)O)c1. The lowest BCUT2D eigenvalue weighted by molar-refractivity contribution is 0.0697. The lowest BCUT2D eigenvalue weighted by Crippen LogP contribution is -2.30. The number of aromatic carboxylic acids is 1. The van der Waals surface area contributed by atoms with E-state index in [1.165, 1.54) is 19.2 Å². The highest BCUT2D eigenvalue weighted by atomic mass is 16.5. The number of carboxylic acids is 1. The van der Waals surface area contributed by atoms with E-state index in [2.05, 4.69) is 24.5 Å². The van der Waals surface area contributed by atoms with Crippen LogP contribution in [0.5, 0.6) is 5.75 Å². The van der Waals surface area contributed by atoms with Crippen LogP contribution in [0.4, 0.5) is 10.5 Å². The molecule has 1 aromatic carbocycles. The summed E-state index contributed by atoms with van der Waals surface area (Å²) in [5.41, 5.74) is 0.233. The minimum Gasteiger partial charge on any atom is -0.497 e. The number of anilines is 1. The molecule has 0 saturated heterocycles. The summed E-state index contributed by atoms with van der Waals surface area (Å²) < 4.78 is 4.98. The molecule has 6 nitrogen and oxygen atoms in total. The molecule has 0 spiro atoms. The monoisotopic (exact) mass is 294 g/mol. The van der Waals surface area contributed by atoms with Gasteiger partial charge < -0.3 is 20.5 Å². The molecule has 0 aliphatic carbocycles. The van der Waals surface area contributed by atoms with Gasteiger partial charge in [0.15, 0.2) is 0 Å². The van der Waals surface area contributed by atoms with Crippen molar-refractivity contribution in [2.24, 2.45) is 5.92 Å². The van der Waals surface area contributed by atoms with Gasteiger partial charge in [-0.15, -0.1) is 0 Å². The molecule has 0 heterocycles. The summed E-state index contributed by atoms with van der Waals surface area (Å²) in [5.74, 6) is -0.102. The largest absolute Gasteiger partial charge is 0.497 e. The van der Waals surface area contributed by atoms with Gasteiger partial charge in [0.25, 0.3) is 0 Å². The van der Waals surface area contributed by atoms with Crippen molar-refractivity contribution in [3.8, 4) is 5.75 Å². The lowest BCUT2D eigenvalue weighted by Gasteiger charge is -2.11. The predicted octanol–water partition coefficient (Wildman–Crippen LogP) is 2.95. The van der Waals surface area contributed by atoms with E-state index in [1.807, 2.05) is 0 Å². The van der Waals surface area contributed by atoms with Gasteiger partial charge in [-0.2, -0.15) is 0 Å². The maximum absolute atomic E-state index is 11.7. The first-order valence-corrected chi connectivity index (χ1v) is 6.90. The molecular formula is C15H22N2O4. The van der Waals surface area contributed by atoms with Crippen molar-refractivity contribution in [3.63, 3.8) is 0 Å². The summed E-state index contributed by atoms with van der Waals surface area (Å²) in [4.78, 5) is 22.9. The Balaban J connectivity index is 2.61. The third-order valence-electron chi connectivity index (χ3n) is 2.95. The molecule has 0 saturated carbocycles. The number of nitrogens with one attached hydrogen (secondary N) is 2. The Labute approximate surface area is 124 Å². The number of urea groups is 1. The molecule has 1 rings (SSSR count). The first-order valence-electron chi connectivity index (χ1n) is 6.90. The van der Waals surface area contributed by atoms with Crippen molar-refractivity contribution in [2.75, 3.05) is 19.0 Å². The maximum Gasteiger partial charge on any atom is 0.337 e. The average Bonchev–Trinajstić information content (AvgIpc) is 2.43. The van der Waals surface area contributed by atoms with Gasteiger partial charge in [0.05, 0.1) is 18.4 Å². The van der Waals surface area contributed by atoms with E-state index >= 15 is 0 Å². The quantitative estimate of drug-likeness (QED) is 0.675. The molecule has 2 amide bonds. The van der Waals surface area contributed by atoms with Crippen LogP contribution in [0.3, 0.4) is 0 Å². The first kappa shape index (κ1) is 16.8. The van der Waals surface area contributed by atoms with Crippen molar-refractivity contribution in [1.82, 2.24) is 5.32 Å². The highest BCUT2D eigenvalue weighted by Crippen LogP contribution is 2.22. The Morgan fingerprint density at radius 1 is 1.33 bits per heavy atom. The normalized spacial score (nSPS) is 10.3. The summed E-state index contributed by atoms with van der Waals surface area (Å²) >= 11 is 0. The molecule has 1 aromatic rings. The molecule has 3 N–H and O–H groups in total. The Morgan fingerprint density at radius 3 is 2.62 bits per heavy atom. The summed E-state index contributed by atoms with van der Waals surface area (Å²) in [6.07, 6.45) is 1.92. The second-order valence-electron chi connectivity index (χ2n) is 5.13. The molecule has 116 valence electrons. The number of amides is 2. The number of rotatable bonds is 7. The predicted molar refractivity (Wildman–Crippen MR) is 81.0 cm³/mol. The molecular weight excluding hydrogens is 272 g/mol. The van der Waals surface area contributed by atoms with Crippen LogP contribution in [-0.2, 0) is 0 Å². The van der Waals surface area contributed by atoms with Crippen LogP contribution in [0.2, 0.25) is 0 Å². The van der Waals surface area contributed by atoms with E-state index < -0.39 is 12.0 Å². The summed E-state index contributed by atoms with van der Waals surface area (Å²) in [6, 6.07) is 4.07. The van der Waals surface area contributed by atoms with Gasteiger partial charge in [0.1, 0.15) is 5.75 Å². The molecule has 0 bridgehead atoms. The van der Waals surface area contributed by atoms with E-state index in [0.29, 0.717) is 18.2 Å². The highest BCUT2D eigenvalue weighted by Gasteiger charge is 2.13. The molecule has 0 aliphatic rings. The summed E-state index contributed by atoms with van der Waals surface area (Å²) in [5, 5.41) is 14.4. The molecule has 6 heteroatoms. The first-order chi connectivity index (χ1) is 9.93. The second-order valence-corrected chi connectivity index (χ2v) is 5.13. The number of hydrogen-bond acceptors (Lipinski definition) is 3. The number of carbonyl (C=O) groups is 2. The fourth-order valence-corrected chi connectivity index (χ4v) is 1.82. The van der Waals surface area contributed by atoms with E-state index in [4.69, 9.17) is 9.84 Å². The van der Waals surface area contributed by atoms with Crippen LogP contribution in [0.25, 0.3) is 0 Å². The smallest absolute Gasteiger partial charge is 0.337 e. The van der Waals surface area contributed by atoms with Crippen molar-refractivity contribution in [3.05, 3.63) is 23.8 Å². The van der Waals surface area contributed by atoms with Gasteiger partial charge in [-0.3, -0.25) is 0 Å². The molecule has 0 atom stereocenters. The minimum atomic E-state index is -1.12. The number of methoxy groups -OCH3 is 1. The van der Waals surface area contributed by atoms with Crippen molar-refractivity contribution < 1.29 is 19.4 Å². The van der Waals surface area contributed by atoms with Gasteiger partial charge in [0.2, 0.25) is 0 Å². The Kier molecular flexibility index (Phi) is 6.52. The fourth-order valence-electron chi connectivity index (χ4n) is 1.82. The van der Waals surface area contributed by atoms with Crippen LogP contribution in [-0.4, -0.2) is 30.8 Å². The third kappa shape index (κ3) is 5.72. The number of ether oxygens (including phenoxy) is 1. The van der Waals surface area contributed by atoms with Gasteiger partial charge in [0, 0.05) is 6.54 Å². The lowest BCUT2D eigenvalue weighted by atomic mass is 10.1.